The second-order valence-corrected chi connectivity index (χ2v) is 5.55. The molecule has 1 N–H and O–H groups in total. The lowest BCUT2D eigenvalue weighted by Crippen LogP contribution is -2.30. The third-order valence-corrected chi connectivity index (χ3v) is 3.43. The summed E-state index contributed by atoms with van der Waals surface area (Å²) in [6, 6.07) is 0. The monoisotopic (exact) mass is 287 g/mol. The number of aliphatic hydroxyl groups is 1. The fourth-order valence-electron chi connectivity index (χ4n) is 1.80. The van der Waals surface area contributed by atoms with Gasteiger partial charge in [0.2, 0.25) is 0 Å². The van der Waals surface area contributed by atoms with Crippen LogP contribution in [0.5, 0.6) is 0 Å². The van der Waals surface area contributed by atoms with E-state index in [0.717, 1.165) is 0 Å². The number of aromatic nitrogens is 2. The summed E-state index contributed by atoms with van der Waals surface area (Å²) in [6.45, 7) is 6.14. The first-order chi connectivity index (χ1) is 8.75. The molecule has 6 heteroatoms. The number of halogens is 1. The second kappa shape index (κ2) is 6.39. The zero-order chi connectivity index (χ0) is 14.7. The van der Waals surface area contributed by atoms with Crippen LogP contribution in [0, 0.1) is 0 Å². The van der Waals surface area contributed by atoms with Crippen LogP contribution in [0.3, 0.4) is 0 Å². The van der Waals surface area contributed by atoms with Crippen LogP contribution in [0.25, 0.3) is 0 Å². The number of carbonyl (C=O) groups is 1. The lowest BCUT2D eigenvalue weighted by Gasteiger charge is -2.18. The summed E-state index contributed by atoms with van der Waals surface area (Å²) in [5.41, 5.74) is 1.17. The van der Waals surface area contributed by atoms with Crippen molar-refractivity contribution in [3.05, 3.63) is 16.4 Å². The van der Waals surface area contributed by atoms with Crippen LogP contribution < -0.4 is 0 Å². The summed E-state index contributed by atoms with van der Waals surface area (Å²) in [5, 5.41) is 13.9. The van der Waals surface area contributed by atoms with Gasteiger partial charge in [-0.25, -0.2) is 0 Å². The van der Waals surface area contributed by atoms with E-state index in [4.69, 9.17) is 11.6 Å². The number of nitrogens with zero attached hydrogens (tertiary/aromatic N) is 3. The minimum absolute atomic E-state index is 0.128. The van der Waals surface area contributed by atoms with Crippen molar-refractivity contribution in [3.8, 4) is 0 Å². The van der Waals surface area contributed by atoms with Crippen molar-refractivity contribution in [2.24, 2.45) is 7.05 Å². The van der Waals surface area contributed by atoms with Gasteiger partial charge < -0.3 is 10.0 Å². The highest BCUT2D eigenvalue weighted by atomic mass is 35.5. The minimum Gasteiger partial charge on any atom is -0.393 e. The molecule has 5 nitrogen and oxygen atoms in total. The van der Waals surface area contributed by atoms with Gasteiger partial charge in [0.1, 0.15) is 5.15 Å². The van der Waals surface area contributed by atoms with Gasteiger partial charge in [0, 0.05) is 20.6 Å². The lowest BCUT2D eigenvalue weighted by atomic mass is 10.1. The number of carbonyl (C=O) groups excluding carboxylic acids is 1. The topological polar surface area (TPSA) is 58.4 Å². The van der Waals surface area contributed by atoms with Crippen LogP contribution in [0.15, 0.2) is 0 Å². The van der Waals surface area contributed by atoms with Gasteiger partial charge in [-0.15, -0.1) is 0 Å². The minimum atomic E-state index is -0.427. The van der Waals surface area contributed by atoms with E-state index >= 15 is 0 Å². The van der Waals surface area contributed by atoms with E-state index in [1.807, 2.05) is 13.8 Å². The molecular weight excluding hydrogens is 266 g/mol. The Kier molecular flexibility index (Phi) is 5.38. The van der Waals surface area contributed by atoms with Crippen LogP contribution in [0.1, 0.15) is 49.2 Å². The summed E-state index contributed by atoms with van der Waals surface area (Å²) >= 11 is 6.16. The van der Waals surface area contributed by atoms with E-state index in [0.29, 0.717) is 29.4 Å². The highest BCUT2D eigenvalue weighted by Gasteiger charge is 2.25. The van der Waals surface area contributed by atoms with Gasteiger partial charge in [-0.3, -0.25) is 9.48 Å². The average molecular weight is 288 g/mol. The Balaban J connectivity index is 2.98. The molecule has 19 heavy (non-hydrogen) atoms. The van der Waals surface area contributed by atoms with Gasteiger partial charge in [-0.05, 0) is 19.3 Å². The number of hydrogen-bond acceptors (Lipinski definition) is 3. The van der Waals surface area contributed by atoms with E-state index in [-0.39, 0.29) is 11.8 Å². The molecule has 1 amide bonds. The van der Waals surface area contributed by atoms with E-state index in [1.54, 1.807) is 25.9 Å². The average Bonchev–Trinajstić information content (AvgIpc) is 2.62. The second-order valence-electron chi connectivity index (χ2n) is 5.19. The van der Waals surface area contributed by atoms with Crippen molar-refractivity contribution in [2.45, 2.75) is 39.2 Å². The Hall–Kier alpha value is -1.07. The summed E-state index contributed by atoms with van der Waals surface area (Å²) in [6.07, 6.45) is 0.112. The fraction of sp³-hybridized carbons (Fsp3) is 0.692. The third-order valence-electron chi connectivity index (χ3n) is 2.99. The first-order valence-corrected chi connectivity index (χ1v) is 6.79. The predicted molar refractivity (Wildman–Crippen MR) is 75.6 cm³/mol. The van der Waals surface area contributed by atoms with E-state index in [9.17, 15) is 9.90 Å². The number of aryl methyl sites for hydroxylation is 1. The Morgan fingerprint density at radius 1 is 1.47 bits per heavy atom. The van der Waals surface area contributed by atoms with Gasteiger partial charge in [-0.1, -0.05) is 25.4 Å². The molecule has 1 aromatic heterocycles. The summed E-state index contributed by atoms with van der Waals surface area (Å²) in [7, 11) is 3.43. The molecule has 1 unspecified atom stereocenters. The Morgan fingerprint density at radius 2 is 2.05 bits per heavy atom. The summed E-state index contributed by atoms with van der Waals surface area (Å²) in [4.78, 5) is 14.0. The quantitative estimate of drug-likeness (QED) is 0.901. The number of rotatable bonds is 5. The highest BCUT2D eigenvalue weighted by Crippen LogP contribution is 2.26. The van der Waals surface area contributed by atoms with Crippen LogP contribution in [-0.2, 0) is 7.05 Å². The number of hydrogen-bond donors (Lipinski definition) is 1. The molecule has 0 aliphatic rings. The standard InChI is InChI=1S/C13H22ClN3O2/c1-8(2)11-10(12(14)17(5)15-11)13(19)16(4)7-6-9(3)18/h8-9,18H,6-7H2,1-5H3. The largest absolute Gasteiger partial charge is 0.393 e. The predicted octanol–water partition coefficient (Wildman–Crippen LogP) is 2.04. The molecule has 108 valence electrons. The maximum atomic E-state index is 12.4. The molecule has 0 aliphatic carbocycles. The molecule has 0 fully saturated rings. The normalized spacial score (nSPS) is 12.8. The third kappa shape index (κ3) is 3.70. The SMILES string of the molecule is CC(O)CCN(C)C(=O)c1c(C(C)C)nn(C)c1Cl. The van der Waals surface area contributed by atoms with Crippen molar-refractivity contribution in [1.29, 1.82) is 0 Å². The molecule has 0 spiro atoms. The van der Waals surface area contributed by atoms with Crippen LogP contribution >= 0.6 is 11.6 Å². The first kappa shape index (κ1) is 16.0. The van der Waals surface area contributed by atoms with Crippen molar-refractivity contribution < 1.29 is 9.90 Å². The number of aliphatic hydroxyl groups excluding tert-OH is 1. The maximum absolute atomic E-state index is 12.4. The molecule has 0 saturated heterocycles. The maximum Gasteiger partial charge on any atom is 0.258 e. The molecule has 0 aromatic carbocycles. The Labute approximate surface area is 119 Å². The zero-order valence-corrected chi connectivity index (χ0v) is 12.9. The molecular formula is C13H22ClN3O2. The van der Waals surface area contributed by atoms with Crippen molar-refractivity contribution in [2.75, 3.05) is 13.6 Å². The van der Waals surface area contributed by atoms with Crippen molar-refractivity contribution in [1.82, 2.24) is 14.7 Å². The van der Waals surface area contributed by atoms with Crippen LogP contribution in [-0.4, -0.2) is 45.4 Å². The van der Waals surface area contributed by atoms with Crippen LogP contribution in [0.2, 0.25) is 5.15 Å². The molecule has 0 saturated carbocycles. The molecule has 1 aromatic rings. The van der Waals surface area contributed by atoms with E-state index in [2.05, 4.69) is 5.10 Å². The van der Waals surface area contributed by atoms with Gasteiger partial charge in [0.05, 0.1) is 17.4 Å². The zero-order valence-electron chi connectivity index (χ0n) is 12.1. The highest BCUT2D eigenvalue weighted by molar-refractivity contribution is 6.33. The Bertz CT molecular complexity index is 455. The van der Waals surface area contributed by atoms with Crippen molar-refractivity contribution >= 4 is 17.5 Å². The molecule has 1 rings (SSSR count). The summed E-state index contributed by atoms with van der Waals surface area (Å²) in [5.74, 6) is -0.0229. The Morgan fingerprint density at radius 3 is 2.53 bits per heavy atom. The molecule has 1 heterocycles. The van der Waals surface area contributed by atoms with Gasteiger partial charge >= 0.3 is 0 Å². The number of amides is 1. The van der Waals surface area contributed by atoms with Gasteiger partial charge in [0.15, 0.2) is 0 Å². The molecule has 0 bridgehead atoms. The lowest BCUT2D eigenvalue weighted by molar-refractivity contribution is 0.0767. The van der Waals surface area contributed by atoms with E-state index in [1.165, 1.54) is 4.68 Å². The van der Waals surface area contributed by atoms with Gasteiger partial charge in [0.25, 0.3) is 5.91 Å². The van der Waals surface area contributed by atoms with Crippen molar-refractivity contribution in [3.63, 3.8) is 0 Å². The fourth-order valence-corrected chi connectivity index (χ4v) is 2.01. The molecule has 1 atom stereocenters. The summed E-state index contributed by atoms with van der Waals surface area (Å²) < 4.78 is 1.52. The van der Waals surface area contributed by atoms with E-state index < -0.39 is 6.10 Å². The smallest absolute Gasteiger partial charge is 0.258 e. The first-order valence-electron chi connectivity index (χ1n) is 6.41. The molecule has 0 radical (unpaired) electrons. The molecule has 0 aliphatic heterocycles. The van der Waals surface area contributed by atoms with Crippen LogP contribution in [0.4, 0.5) is 0 Å². The van der Waals surface area contributed by atoms with Gasteiger partial charge in [-0.2, -0.15) is 5.10 Å².